The highest BCUT2D eigenvalue weighted by molar-refractivity contribution is 6.36. The van der Waals surface area contributed by atoms with E-state index in [4.69, 9.17) is 45.4 Å². The van der Waals surface area contributed by atoms with E-state index >= 15 is 0 Å². The van der Waals surface area contributed by atoms with E-state index < -0.39 is 5.97 Å². The zero-order valence-corrected chi connectivity index (χ0v) is 14.6. The second-order valence-corrected chi connectivity index (χ2v) is 6.79. The van der Waals surface area contributed by atoms with E-state index in [0.717, 1.165) is 12.0 Å². The van der Waals surface area contributed by atoms with Crippen LogP contribution in [-0.4, -0.2) is 11.8 Å². The smallest absolute Gasteiger partial charge is 0.338 e. The molecule has 124 valence electrons. The third-order valence-corrected chi connectivity index (χ3v) is 4.63. The van der Waals surface area contributed by atoms with Crippen molar-refractivity contribution in [2.75, 3.05) is 0 Å². The van der Waals surface area contributed by atoms with E-state index in [9.17, 15) is 4.79 Å². The topological polar surface area (TPSA) is 64.7 Å². The Bertz CT molecular complexity index is 806. The van der Waals surface area contributed by atoms with Gasteiger partial charge >= 0.3 is 5.97 Å². The predicted octanol–water partition coefficient (Wildman–Crippen LogP) is 4.61. The zero-order chi connectivity index (χ0) is 17.3. The Morgan fingerprint density at radius 2 is 1.75 bits per heavy atom. The highest BCUT2D eigenvalue weighted by atomic mass is 35.5. The number of hydrogen-bond donors (Lipinski definition) is 1. The van der Waals surface area contributed by atoms with Crippen LogP contribution >= 0.6 is 34.8 Å². The van der Waals surface area contributed by atoms with Gasteiger partial charge < -0.3 is 10.6 Å². The molecule has 2 aromatic rings. The molecular weight excluding hydrogens is 371 g/mol. The molecule has 3 rings (SSSR count). The van der Waals surface area contributed by atoms with Crippen LogP contribution in [0.1, 0.15) is 23.5 Å². The fourth-order valence-corrected chi connectivity index (χ4v) is 3.07. The van der Waals surface area contributed by atoms with Gasteiger partial charge in [-0.1, -0.05) is 52.1 Å². The lowest BCUT2D eigenvalue weighted by molar-refractivity contribution is -0.145. The Hall–Kier alpha value is -1.75. The first-order chi connectivity index (χ1) is 11.5. The molecule has 2 N–H and O–H groups in total. The monoisotopic (exact) mass is 382 g/mol. The maximum Gasteiger partial charge on any atom is 0.338 e. The molecule has 2 aromatic carbocycles. The Labute approximate surface area is 154 Å². The number of oxime groups is 1. The van der Waals surface area contributed by atoms with Crippen molar-refractivity contribution < 1.29 is 9.63 Å². The van der Waals surface area contributed by atoms with Crippen molar-refractivity contribution in [3.05, 3.63) is 68.7 Å². The van der Waals surface area contributed by atoms with Crippen LogP contribution in [-0.2, 0) is 9.63 Å². The maximum atomic E-state index is 12.1. The Morgan fingerprint density at radius 3 is 2.42 bits per heavy atom. The van der Waals surface area contributed by atoms with Crippen molar-refractivity contribution in [2.24, 2.45) is 16.8 Å². The summed E-state index contributed by atoms with van der Waals surface area (Å²) in [6, 6.07) is 12.2. The molecule has 0 bridgehead atoms. The van der Waals surface area contributed by atoms with Gasteiger partial charge in [0.15, 0.2) is 5.84 Å². The lowest BCUT2D eigenvalue weighted by Gasteiger charge is -2.04. The molecule has 7 heteroatoms. The summed E-state index contributed by atoms with van der Waals surface area (Å²) < 4.78 is 0. The molecule has 0 aromatic heterocycles. The molecule has 2 atom stereocenters. The minimum Gasteiger partial charge on any atom is -0.380 e. The standard InChI is InChI=1S/C17H13Cl3N2O2/c18-10-3-1-9(2-4-10)13-8-14(13)17(23)24-22-16(21)12-6-5-11(19)7-15(12)20/h1-7,13-14H,8H2,(H2,21,22). The molecule has 0 aliphatic heterocycles. The SMILES string of the molecule is N/C(=N\OC(=O)C1CC1c1ccc(Cl)cc1)c1ccc(Cl)cc1Cl. The molecule has 0 heterocycles. The van der Waals surface area contributed by atoms with Gasteiger partial charge in [0, 0.05) is 15.6 Å². The quantitative estimate of drug-likeness (QED) is 0.363. The third-order valence-electron chi connectivity index (χ3n) is 3.83. The van der Waals surface area contributed by atoms with Gasteiger partial charge in [0.2, 0.25) is 0 Å². The Kier molecular flexibility index (Phi) is 4.99. The molecule has 1 saturated carbocycles. The first kappa shape index (κ1) is 17.1. The van der Waals surface area contributed by atoms with E-state index in [2.05, 4.69) is 5.16 Å². The molecular formula is C17H13Cl3N2O2. The zero-order valence-electron chi connectivity index (χ0n) is 12.4. The lowest BCUT2D eigenvalue weighted by atomic mass is 10.1. The van der Waals surface area contributed by atoms with E-state index in [0.29, 0.717) is 20.6 Å². The number of hydrogen-bond acceptors (Lipinski definition) is 3. The molecule has 24 heavy (non-hydrogen) atoms. The van der Waals surface area contributed by atoms with E-state index in [1.807, 2.05) is 12.1 Å². The molecule has 1 fully saturated rings. The predicted molar refractivity (Wildman–Crippen MR) is 95.6 cm³/mol. The average Bonchev–Trinajstić information content (AvgIpc) is 3.33. The van der Waals surface area contributed by atoms with Gasteiger partial charge in [-0.2, -0.15) is 0 Å². The summed E-state index contributed by atoms with van der Waals surface area (Å²) in [4.78, 5) is 17.0. The summed E-state index contributed by atoms with van der Waals surface area (Å²) >= 11 is 17.7. The van der Waals surface area contributed by atoms with Gasteiger partial charge in [-0.3, -0.25) is 0 Å². The number of carbonyl (C=O) groups is 1. The number of halogens is 3. The van der Waals surface area contributed by atoms with E-state index in [-0.39, 0.29) is 17.7 Å². The van der Waals surface area contributed by atoms with Crippen molar-refractivity contribution >= 4 is 46.6 Å². The van der Waals surface area contributed by atoms with Crippen molar-refractivity contribution in [1.82, 2.24) is 0 Å². The van der Waals surface area contributed by atoms with E-state index in [1.165, 1.54) is 0 Å². The fraction of sp³-hybridized carbons (Fsp3) is 0.176. The second kappa shape index (κ2) is 7.01. The Balaban J connectivity index is 1.62. The summed E-state index contributed by atoms with van der Waals surface area (Å²) in [5.74, 6) is -0.481. The molecule has 0 amide bonds. The fourth-order valence-electron chi connectivity index (χ4n) is 2.44. The van der Waals surface area contributed by atoms with E-state index in [1.54, 1.807) is 30.3 Å². The number of rotatable bonds is 4. The highest BCUT2D eigenvalue weighted by Crippen LogP contribution is 2.48. The third kappa shape index (κ3) is 3.83. The van der Waals surface area contributed by atoms with Gasteiger partial charge in [-0.15, -0.1) is 0 Å². The summed E-state index contributed by atoms with van der Waals surface area (Å²) in [6.07, 6.45) is 0.720. The van der Waals surface area contributed by atoms with Crippen LogP contribution in [0.25, 0.3) is 0 Å². The maximum absolute atomic E-state index is 12.1. The normalized spacial score (nSPS) is 19.9. The highest BCUT2D eigenvalue weighted by Gasteiger charge is 2.45. The second-order valence-electron chi connectivity index (χ2n) is 5.51. The van der Waals surface area contributed by atoms with Crippen LogP contribution in [0.2, 0.25) is 15.1 Å². The molecule has 4 nitrogen and oxygen atoms in total. The van der Waals surface area contributed by atoms with Gasteiger partial charge in [0.05, 0.1) is 10.9 Å². The average molecular weight is 384 g/mol. The summed E-state index contributed by atoms with van der Waals surface area (Å²) in [5, 5.41) is 5.17. The van der Waals surface area contributed by atoms with Crippen LogP contribution in [0.4, 0.5) is 0 Å². The molecule has 1 aliphatic rings. The largest absolute Gasteiger partial charge is 0.380 e. The van der Waals surface area contributed by atoms with Crippen LogP contribution in [0.3, 0.4) is 0 Å². The van der Waals surface area contributed by atoms with Crippen molar-refractivity contribution in [3.8, 4) is 0 Å². The summed E-state index contributed by atoms with van der Waals surface area (Å²) in [5.41, 5.74) is 7.32. The number of nitrogens with zero attached hydrogens (tertiary/aromatic N) is 1. The molecule has 0 radical (unpaired) electrons. The van der Waals surface area contributed by atoms with Gasteiger partial charge in [-0.25, -0.2) is 4.79 Å². The van der Waals surface area contributed by atoms with Crippen LogP contribution in [0.15, 0.2) is 47.6 Å². The number of amidine groups is 1. The van der Waals surface area contributed by atoms with Crippen molar-refractivity contribution in [1.29, 1.82) is 0 Å². The molecule has 0 saturated heterocycles. The summed E-state index contributed by atoms with van der Waals surface area (Å²) in [7, 11) is 0. The van der Waals surface area contributed by atoms with Crippen molar-refractivity contribution in [3.63, 3.8) is 0 Å². The lowest BCUT2D eigenvalue weighted by Crippen LogP contribution is -2.16. The number of nitrogens with two attached hydrogens (primary N) is 1. The Morgan fingerprint density at radius 1 is 1.08 bits per heavy atom. The van der Waals surface area contributed by atoms with Crippen molar-refractivity contribution in [2.45, 2.75) is 12.3 Å². The van der Waals surface area contributed by atoms with Gasteiger partial charge in [0.25, 0.3) is 0 Å². The molecule has 1 aliphatic carbocycles. The first-order valence-corrected chi connectivity index (χ1v) is 8.34. The van der Waals surface area contributed by atoms with Crippen LogP contribution in [0, 0.1) is 5.92 Å². The first-order valence-electron chi connectivity index (χ1n) is 7.21. The van der Waals surface area contributed by atoms with Crippen LogP contribution < -0.4 is 5.73 Å². The molecule has 0 spiro atoms. The number of benzene rings is 2. The summed E-state index contributed by atoms with van der Waals surface area (Å²) in [6.45, 7) is 0. The minimum absolute atomic E-state index is 0.0220. The van der Waals surface area contributed by atoms with Crippen LogP contribution in [0.5, 0.6) is 0 Å². The van der Waals surface area contributed by atoms with Gasteiger partial charge in [0.1, 0.15) is 0 Å². The minimum atomic E-state index is -0.414. The molecule has 2 unspecified atom stereocenters. The number of carbonyl (C=O) groups excluding carboxylic acids is 1. The van der Waals surface area contributed by atoms with Gasteiger partial charge in [-0.05, 0) is 48.2 Å².